The molecule has 0 aliphatic heterocycles. The Morgan fingerprint density at radius 3 is 2.23 bits per heavy atom. The van der Waals surface area contributed by atoms with Crippen LogP contribution in [0.1, 0.15) is 92.9 Å². The summed E-state index contributed by atoms with van der Waals surface area (Å²) in [5, 5.41) is 18.6. The highest BCUT2D eigenvalue weighted by Gasteiger charge is 2.86. The molecule has 0 aromatic carbocycles. The van der Waals surface area contributed by atoms with E-state index in [1.165, 1.54) is 44.9 Å². The Bertz CT molecular complexity index is 736. The third-order valence-corrected chi connectivity index (χ3v) is 13.4. The Labute approximate surface area is 185 Å². The van der Waals surface area contributed by atoms with Crippen LogP contribution in [-0.4, -0.2) is 37.4 Å². The predicted molar refractivity (Wildman–Crippen MR) is 124 cm³/mol. The average molecular weight is 417 g/mol. The normalized spacial score (nSPS) is 59.5. The molecule has 10 atom stereocenters. The summed E-state index contributed by atoms with van der Waals surface area (Å²) in [6, 6.07) is 1.03. The van der Waals surface area contributed by atoms with Crippen molar-refractivity contribution in [2.45, 2.75) is 111 Å². The van der Waals surface area contributed by atoms with Crippen LogP contribution < -0.4 is 10.6 Å². The highest BCUT2D eigenvalue weighted by atomic mass is 16.3. The Kier molecular flexibility index (Phi) is 4.38. The van der Waals surface area contributed by atoms with Crippen LogP contribution in [0, 0.1) is 44.3 Å². The Morgan fingerprint density at radius 1 is 0.900 bits per heavy atom. The third kappa shape index (κ3) is 2.02. The van der Waals surface area contributed by atoms with Crippen molar-refractivity contribution in [3.63, 3.8) is 0 Å². The van der Waals surface area contributed by atoms with E-state index in [2.05, 4.69) is 66.3 Å². The maximum absolute atomic E-state index is 11.4. The van der Waals surface area contributed by atoms with Gasteiger partial charge in [-0.15, -0.1) is 0 Å². The second kappa shape index (κ2) is 6.06. The molecule has 5 rings (SSSR count). The topological polar surface area (TPSA) is 44.3 Å². The van der Waals surface area contributed by atoms with Crippen molar-refractivity contribution in [1.82, 2.24) is 10.6 Å². The third-order valence-electron chi connectivity index (χ3n) is 13.4. The second-order valence-corrected chi connectivity index (χ2v) is 13.7. The van der Waals surface area contributed by atoms with Crippen molar-refractivity contribution in [1.29, 1.82) is 0 Å². The summed E-state index contributed by atoms with van der Waals surface area (Å²) < 4.78 is 0. The van der Waals surface area contributed by atoms with Crippen LogP contribution >= 0.6 is 0 Å². The van der Waals surface area contributed by atoms with E-state index in [9.17, 15) is 5.11 Å². The van der Waals surface area contributed by atoms with Gasteiger partial charge in [0, 0.05) is 18.0 Å². The molecule has 0 radical (unpaired) electrons. The molecule has 0 aromatic rings. The van der Waals surface area contributed by atoms with E-state index in [4.69, 9.17) is 0 Å². The minimum Gasteiger partial charge on any atom is -0.393 e. The minimum absolute atomic E-state index is 0.168. The Balaban J connectivity index is 1.57. The fraction of sp³-hybridized carbons (Fsp3) is 1.00. The van der Waals surface area contributed by atoms with Crippen molar-refractivity contribution in [2.75, 3.05) is 14.1 Å². The van der Waals surface area contributed by atoms with Gasteiger partial charge in [0.25, 0.3) is 0 Å². The standard InChI is InChI=1S/C27H48N2O/c1-17(28-7)21-18(30)15-25(6)23(21,4)13-14-27-16-26(27)12-10-20(29-8)22(2,3)19(26)9-11-24(25,27)5/h17-21,28-30H,9-16H2,1-8H3/t17-,18-,19+,20-,21+,23-,24+,25-,26-,27+/m1/s1. The van der Waals surface area contributed by atoms with Gasteiger partial charge in [0.05, 0.1) is 6.10 Å². The molecule has 172 valence electrons. The zero-order valence-corrected chi connectivity index (χ0v) is 21.0. The van der Waals surface area contributed by atoms with Crippen LogP contribution in [0.5, 0.6) is 0 Å². The van der Waals surface area contributed by atoms with Crippen molar-refractivity contribution in [2.24, 2.45) is 44.3 Å². The monoisotopic (exact) mass is 416 g/mol. The van der Waals surface area contributed by atoms with Gasteiger partial charge in [0.15, 0.2) is 0 Å². The van der Waals surface area contributed by atoms with Gasteiger partial charge in [0.1, 0.15) is 0 Å². The van der Waals surface area contributed by atoms with E-state index >= 15 is 0 Å². The van der Waals surface area contributed by atoms with E-state index < -0.39 is 0 Å². The first-order valence-corrected chi connectivity index (χ1v) is 12.9. The fourth-order valence-corrected chi connectivity index (χ4v) is 11.6. The lowest BCUT2D eigenvalue weighted by molar-refractivity contribution is -0.199. The van der Waals surface area contributed by atoms with Crippen LogP contribution in [0.2, 0.25) is 0 Å². The van der Waals surface area contributed by atoms with Crippen molar-refractivity contribution in [3.8, 4) is 0 Å². The number of aliphatic hydroxyl groups is 1. The second-order valence-electron chi connectivity index (χ2n) is 13.7. The van der Waals surface area contributed by atoms with E-state index in [0.717, 1.165) is 12.3 Å². The van der Waals surface area contributed by atoms with Crippen LogP contribution in [-0.2, 0) is 0 Å². The van der Waals surface area contributed by atoms with Gasteiger partial charge >= 0.3 is 0 Å². The van der Waals surface area contributed by atoms with Gasteiger partial charge in [-0.2, -0.15) is 0 Å². The van der Waals surface area contributed by atoms with Crippen LogP contribution in [0.15, 0.2) is 0 Å². The Morgan fingerprint density at radius 2 is 1.60 bits per heavy atom. The molecular weight excluding hydrogens is 368 g/mol. The molecule has 30 heavy (non-hydrogen) atoms. The summed E-state index contributed by atoms with van der Waals surface area (Å²) >= 11 is 0. The van der Waals surface area contributed by atoms with E-state index in [1.807, 2.05) is 0 Å². The summed E-state index contributed by atoms with van der Waals surface area (Å²) in [5.74, 6) is 1.22. The smallest absolute Gasteiger partial charge is 0.0594 e. The van der Waals surface area contributed by atoms with Gasteiger partial charge in [0.2, 0.25) is 0 Å². The van der Waals surface area contributed by atoms with E-state index in [-0.39, 0.29) is 16.9 Å². The van der Waals surface area contributed by atoms with Crippen LogP contribution in [0.25, 0.3) is 0 Å². The highest BCUT2D eigenvalue weighted by molar-refractivity contribution is 5.35. The first kappa shape index (κ1) is 21.7. The van der Waals surface area contributed by atoms with Gasteiger partial charge < -0.3 is 15.7 Å². The van der Waals surface area contributed by atoms with Crippen molar-refractivity contribution in [3.05, 3.63) is 0 Å². The molecular formula is C27H48N2O. The zero-order chi connectivity index (χ0) is 22.0. The molecule has 5 saturated carbocycles. The first-order chi connectivity index (χ1) is 13.9. The predicted octanol–water partition coefficient (Wildman–Crippen LogP) is 4.98. The van der Waals surface area contributed by atoms with Gasteiger partial charge in [-0.25, -0.2) is 0 Å². The van der Waals surface area contributed by atoms with Gasteiger partial charge in [-0.1, -0.05) is 34.6 Å². The average Bonchev–Trinajstić information content (AvgIpc) is 3.29. The molecule has 5 aliphatic carbocycles. The van der Waals surface area contributed by atoms with Crippen molar-refractivity contribution < 1.29 is 5.11 Å². The summed E-state index contributed by atoms with van der Waals surface area (Å²) in [6.07, 6.45) is 10.5. The lowest BCUT2D eigenvalue weighted by atomic mass is 9.36. The van der Waals surface area contributed by atoms with Gasteiger partial charge in [-0.05, 0) is 111 Å². The molecule has 0 amide bonds. The lowest BCUT2D eigenvalue weighted by Crippen LogP contribution is -2.63. The fourth-order valence-electron chi connectivity index (χ4n) is 11.6. The molecule has 3 nitrogen and oxygen atoms in total. The number of nitrogens with one attached hydrogen (secondary N) is 2. The van der Waals surface area contributed by atoms with E-state index in [1.54, 1.807) is 0 Å². The molecule has 3 N–H and O–H groups in total. The summed E-state index contributed by atoms with van der Waals surface area (Å²) in [5.41, 5.74) is 2.28. The number of fused-ring (bicyclic) bond motifs is 2. The number of rotatable bonds is 3. The molecule has 0 heterocycles. The summed E-state index contributed by atoms with van der Waals surface area (Å²) in [4.78, 5) is 0. The number of hydrogen-bond acceptors (Lipinski definition) is 3. The highest BCUT2D eigenvalue weighted by Crippen LogP contribution is 2.92. The minimum atomic E-state index is -0.168. The van der Waals surface area contributed by atoms with E-state index in [0.29, 0.717) is 39.7 Å². The molecule has 0 unspecified atom stereocenters. The molecule has 0 saturated heterocycles. The Hall–Kier alpha value is -0.120. The van der Waals surface area contributed by atoms with Crippen molar-refractivity contribution >= 4 is 0 Å². The SMILES string of the molecule is CN[C@H](C)[C@H]1[C@H](O)C[C@@]2(C)[C@]3(C)CC[C@H]4C(C)(C)[C@H](NC)CC[C@@]45C[C@]53CC[C@]12C. The molecule has 3 heteroatoms. The van der Waals surface area contributed by atoms with Crippen LogP contribution in [0.3, 0.4) is 0 Å². The summed E-state index contributed by atoms with van der Waals surface area (Å²) in [6.45, 7) is 15.3. The molecule has 5 aliphatic rings. The number of hydrogen-bond donors (Lipinski definition) is 3. The first-order valence-electron chi connectivity index (χ1n) is 12.9. The quantitative estimate of drug-likeness (QED) is 0.608. The summed E-state index contributed by atoms with van der Waals surface area (Å²) in [7, 11) is 4.25. The molecule has 0 bridgehead atoms. The largest absolute Gasteiger partial charge is 0.393 e. The van der Waals surface area contributed by atoms with Gasteiger partial charge in [-0.3, -0.25) is 0 Å². The maximum atomic E-state index is 11.4. The number of aliphatic hydroxyl groups excluding tert-OH is 1. The molecule has 2 spiro atoms. The molecule has 0 aromatic heterocycles. The molecule has 5 fully saturated rings. The maximum Gasteiger partial charge on any atom is 0.0594 e. The lowest BCUT2D eigenvalue weighted by Gasteiger charge is -2.68. The zero-order valence-electron chi connectivity index (χ0n) is 21.0. The van der Waals surface area contributed by atoms with Crippen LogP contribution in [0.4, 0.5) is 0 Å².